The van der Waals surface area contributed by atoms with Crippen molar-refractivity contribution < 1.29 is 0 Å². The van der Waals surface area contributed by atoms with Gasteiger partial charge < -0.3 is 0 Å². The molecule has 0 radical (unpaired) electrons. The van der Waals surface area contributed by atoms with Crippen molar-refractivity contribution in [1.82, 2.24) is 19.6 Å². The van der Waals surface area contributed by atoms with Gasteiger partial charge in [-0.2, -0.15) is 0 Å². The van der Waals surface area contributed by atoms with Crippen molar-refractivity contribution in [3.63, 3.8) is 0 Å². The van der Waals surface area contributed by atoms with Gasteiger partial charge in [0.25, 0.3) is 0 Å². The first-order chi connectivity index (χ1) is 12.0. The largest absolute Gasteiger partial charge is 0.264 e. The Morgan fingerprint density at radius 1 is 0.400 bits per heavy atom. The second kappa shape index (κ2) is 22.5. The molecule has 0 aliphatic carbocycles. The minimum absolute atomic E-state index is 1.19. The Hall–Kier alpha value is -1.46. The maximum Gasteiger partial charge on any atom is 0.0555 e. The van der Waals surface area contributed by atoms with E-state index in [4.69, 9.17) is 0 Å². The number of rotatable bonds is 0. The third kappa shape index (κ3) is 18.7. The zero-order valence-electron chi connectivity index (χ0n) is 17.5. The van der Waals surface area contributed by atoms with Gasteiger partial charge in [-0.1, -0.05) is 30.4 Å². The summed E-state index contributed by atoms with van der Waals surface area (Å²) < 4.78 is 0. The van der Waals surface area contributed by atoms with E-state index in [-0.39, 0.29) is 0 Å². The molecule has 0 spiro atoms. The van der Waals surface area contributed by atoms with Crippen LogP contribution in [-0.4, -0.2) is 59.6 Å². The lowest BCUT2D eigenvalue weighted by Crippen LogP contribution is -2.71. The number of hydrogen-bond acceptors (Lipinski definition) is 4. The topological polar surface area (TPSA) is 13.0 Å². The summed E-state index contributed by atoms with van der Waals surface area (Å²) in [6.07, 6.45) is 8.75. The van der Waals surface area contributed by atoms with Gasteiger partial charge >= 0.3 is 0 Å². The van der Waals surface area contributed by atoms with Crippen molar-refractivity contribution in [1.29, 1.82) is 0 Å². The quantitative estimate of drug-likeness (QED) is 0.574. The summed E-state index contributed by atoms with van der Waals surface area (Å²) in [5, 5.41) is 0. The summed E-state index contributed by atoms with van der Waals surface area (Å²) >= 11 is 0. The van der Waals surface area contributed by atoms with Crippen LogP contribution in [0, 0.1) is 0 Å². The van der Waals surface area contributed by atoms with Gasteiger partial charge in [0.05, 0.1) is 40.0 Å². The fourth-order valence-electron chi connectivity index (χ4n) is 2.23. The number of allylic oxidation sites excluding steroid dienone is 5. The van der Waals surface area contributed by atoms with Crippen LogP contribution in [0.15, 0.2) is 63.3 Å². The molecule has 146 valence electrons. The molecule has 0 unspecified atom stereocenters. The minimum atomic E-state index is 1.19. The van der Waals surface area contributed by atoms with E-state index in [1.54, 1.807) is 30.4 Å². The Kier molecular flexibility index (Phi) is 25.6. The third-order valence-electron chi connectivity index (χ3n) is 2.40. The van der Waals surface area contributed by atoms with E-state index < -0.39 is 0 Å². The highest BCUT2D eigenvalue weighted by Crippen LogP contribution is 2.20. The number of nitrogens with zero attached hydrogens (tertiary/aromatic N) is 4. The lowest BCUT2D eigenvalue weighted by Gasteiger charge is -2.56. The van der Waals surface area contributed by atoms with Crippen LogP contribution in [0.4, 0.5) is 0 Å². The van der Waals surface area contributed by atoms with E-state index in [2.05, 4.69) is 52.5 Å². The zero-order valence-corrected chi connectivity index (χ0v) is 17.5. The molecule has 4 heteroatoms. The molecule has 0 aromatic carbocycles. The van der Waals surface area contributed by atoms with Crippen molar-refractivity contribution in [3.05, 3.63) is 63.3 Å². The van der Waals surface area contributed by atoms with Gasteiger partial charge in [0.2, 0.25) is 0 Å². The minimum Gasteiger partial charge on any atom is -0.264 e. The fourth-order valence-corrected chi connectivity index (χ4v) is 2.23. The molecule has 4 rings (SSSR count). The van der Waals surface area contributed by atoms with E-state index in [0.29, 0.717) is 0 Å². The van der Waals surface area contributed by atoms with E-state index in [1.807, 2.05) is 34.6 Å². The monoisotopic (exact) mass is 350 g/mol. The van der Waals surface area contributed by atoms with E-state index in [1.165, 1.54) is 40.0 Å². The molecule has 0 atom stereocenters. The smallest absolute Gasteiger partial charge is 0.0555 e. The lowest BCUT2D eigenvalue weighted by molar-refractivity contribution is -0.194. The molecule has 0 amide bonds. The molecule has 25 heavy (non-hydrogen) atoms. The summed E-state index contributed by atoms with van der Waals surface area (Å²) in [4.78, 5) is 9.88. The molecule has 4 aliphatic rings. The molecular formula is C21H42N4. The predicted molar refractivity (Wildman–Crippen MR) is 116 cm³/mol. The SMILES string of the molecule is C1N2CN3CN1CN(C2)C3.C=CC.C=CC.C=CC.C=CC.C=CC. The molecule has 0 saturated carbocycles. The molecule has 0 N–H and O–H groups in total. The van der Waals surface area contributed by atoms with Crippen LogP contribution in [0.1, 0.15) is 34.6 Å². The molecular weight excluding hydrogens is 308 g/mol. The lowest BCUT2D eigenvalue weighted by atomic mass is 10.4. The standard InChI is InChI=1S/C6H12N4.5C3H6/c1-7-2-9-4-8(1)5-10(3-7)6-9;5*1-3-2/h1-6H2;5*3H,1H2,2H3. The van der Waals surface area contributed by atoms with Gasteiger partial charge in [0.1, 0.15) is 0 Å². The molecule has 4 nitrogen and oxygen atoms in total. The van der Waals surface area contributed by atoms with Crippen LogP contribution in [0.25, 0.3) is 0 Å². The van der Waals surface area contributed by atoms with Crippen LogP contribution in [0.5, 0.6) is 0 Å². The maximum absolute atomic E-state index is 3.36. The van der Waals surface area contributed by atoms with Crippen LogP contribution < -0.4 is 0 Å². The Morgan fingerprint density at radius 3 is 0.560 bits per heavy atom. The summed E-state index contributed by atoms with van der Waals surface area (Å²) in [5.74, 6) is 0. The van der Waals surface area contributed by atoms with Gasteiger partial charge in [0, 0.05) is 0 Å². The first kappa shape index (κ1) is 28.3. The Morgan fingerprint density at radius 2 is 0.480 bits per heavy atom. The molecule has 4 heterocycles. The maximum atomic E-state index is 3.36. The third-order valence-corrected chi connectivity index (χ3v) is 2.40. The highest BCUT2D eigenvalue weighted by molar-refractivity contribution is 4.79. The van der Waals surface area contributed by atoms with Crippen LogP contribution in [-0.2, 0) is 0 Å². The average molecular weight is 351 g/mol. The van der Waals surface area contributed by atoms with Crippen LogP contribution in [0.2, 0.25) is 0 Å². The molecule has 4 bridgehead atoms. The molecule has 4 fully saturated rings. The van der Waals surface area contributed by atoms with E-state index >= 15 is 0 Å². The van der Waals surface area contributed by atoms with Gasteiger partial charge in [-0.3, -0.25) is 19.6 Å². The van der Waals surface area contributed by atoms with Gasteiger partial charge in [-0.25, -0.2) is 0 Å². The molecule has 0 aromatic heterocycles. The Bertz CT molecular complexity index is 245. The average Bonchev–Trinajstić information content (AvgIpc) is 2.50. The highest BCUT2D eigenvalue weighted by atomic mass is 15.7. The number of hydrogen-bond donors (Lipinski definition) is 0. The normalized spacial score (nSPS) is 25.6. The van der Waals surface area contributed by atoms with Crippen LogP contribution >= 0.6 is 0 Å². The highest BCUT2D eigenvalue weighted by Gasteiger charge is 2.36. The summed E-state index contributed by atoms with van der Waals surface area (Å²) in [6, 6.07) is 0. The predicted octanol–water partition coefficient (Wildman–Crippen LogP) is 4.94. The van der Waals surface area contributed by atoms with E-state index in [9.17, 15) is 0 Å². The molecule has 4 saturated heterocycles. The van der Waals surface area contributed by atoms with E-state index in [0.717, 1.165) is 0 Å². The first-order valence-electron chi connectivity index (χ1n) is 8.72. The van der Waals surface area contributed by atoms with Crippen molar-refractivity contribution in [2.75, 3.05) is 40.0 Å². The molecule has 0 aromatic rings. The molecule has 4 aliphatic heterocycles. The van der Waals surface area contributed by atoms with Crippen molar-refractivity contribution >= 4 is 0 Å². The van der Waals surface area contributed by atoms with Crippen molar-refractivity contribution in [2.45, 2.75) is 34.6 Å². The zero-order chi connectivity index (χ0) is 20.1. The summed E-state index contributed by atoms with van der Waals surface area (Å²) in [6.45, 7) is 33.4. The Balaban J connectivity index is -0.000000276. The van der Waals surface area contributed by atoms with Gasteiger partial charge in [-0.15, -0.1) is 32.9 Å². The Labute approximate surface area is 158 Å². The van der Waals surface area contributed by atoms with Crippen molar-refractivity contribution in [2.24, 2.45) is 0 Å². The summed E-state index contributed by atoms with van der Waals surface area (Å²) in [7, 11) is 0. The second-order valence-electron chi connectivity index (χ2n) is 5.57. The van der Waals surface area contributed by atoms with Crippen molar-refractivity contribution in [3.8, 4) is 0 Å². The first-order valence-corrected chi connectivity index (χ1v) is 8.72. The van der Waals surface area contributed by atoms with Gasteiger partial charge in [-0.05, 0) is 34.6 Å². The van der Waals surface area contributed by atoms with Gasteiger partial charge in [0.15, 0.2) is 0 Å². The fraction of sp³-hybridized carbons (Fsp3) is 0.524. The van der Waals surface area contributed by atoms with Crippen LogP contribution in [0.3, 0.4) is 0 Å². The second-order valence-corrected chi connectivity index (χ2v) is 5.57. The summed E-state index contributed by atoms with van der Waals surface area (Å²) in [5.41, 5.74) is 0.